The number of aromatic nitrogens is 1. The highest BCUT2D eigenvalue weighted by atomic mass is 35.5. The number of rotatable bonds is 4. The van der Waals surface area contributed by atoms with Crippen molar-refractivity contribution in [2.75, 3.05) is 19.0 Å². The van der Waals surface area contributed by atoms with Crippen molar-refractivity contribution in [2.45, 2.75) is 13.0 Å². The zero-order chi connectivity index (χ0) is 15.4. The van der Waals surface area contributed by atoms with E-state index >= 15 is 0 Å². The minimum Gasteiger partial charge on any atom is -0.362 e. The van der Waals surface area contributed by atoms with Gasteiger partial charge in [-0.1, -0.05) is 23.7 Å². The van der Waals surface area contributed by atoms with Gasteiger partial charge in [-0.3, -0.25) is 4.79 Å². The topological polar surface area (TPSA) is 45.2 Å². The lowest BCUT2D eigenvalue weighted by Gasteiger charge is -2.18. The fourth-order valence-electron chi connectivity index (χ4n) is 2.06. The molecule has 0 saturated carbocycles. The molecule has 5 heteroatoms. The Kier molecular flexibility index (Phi) is 4.81. The average Bonchev–Trinajstić information content (AvgIpc) is 2.47. The molecule has 1 aromatic heterocycles. The summed E-state index contributed by atoms with van der Waals surface area (Å²) in [5.74, 6) is 0.493. The zero-order valence-corrected chi connectivity index (χ0v) is 13.1. The summed E-state index contributed by atoms with van der Waals surface area (Å²) in [5.41, 5.74) is 1.52. The predicted molar refractivity (Wildman–Crippen MR) is 85.9 cm³/mol. The van der Waals surface area contributed by atoms with Gasteiger partial charge in [-0.05, 0) is 36.8 Å². The number of hydrogen-bond donors (Lipinski definition) is 1. The van der Waals surface area contributed by atoms with Gasteiger partial charge in [-0.2, -0.15) is 0 Å². The maximum Gasteiger partial charge on any atom is 0.255 e. The summed E-state index contributed by atoms with van der Waals surface area (Å²) in [6, 6.07) is 10.9. The lowest BCUT2D eigenvalue weighted by atomic mass is 10.1. The molecule has 4 nitrogen and oxygen atoms in total. The van der Waals surface area contributed by atoms with Gasteiger partial charge >= 0.3 is 0 Å². The van der Waals surface area contributed by atoms with Crippen LogP contribution in [0.25, 0.3) is 0 Å². The van der Waals surface area contributed by atoms with E-state index < -0.39 is 0 Å². The van der Waals surface area contributed by atoms with Crippen LogP contribution in [0.4, 0.5) is 5.82 Å². The molecule has 110 valence electrons. The summed E-state index contributed by atoms with van der Waals surface area (Å²) in [7, 11) is 3.72. The molecule has 0 unspecified atom stereocenters. The number of benzene rings is 1. The van der Waals surface area contributed by atoms with Gasteiger partial charge in [0.25, 0.3) is 5.91 Å². The van der Waals surface area contributed by atoms with E-state index in [4.69, 9.17) is 11.6 Å². The number of pyridine rings is 1. The Morgan fingerprint density at radius 1 is 1.29 bits per heavy atom. The van der Waals surface area contributed by atoms with Crippen LogP contribution in [0.5, 0.6) is 0 Å². The van der Waals surface area contributed by atoms with E-state index in [1.54, 1.807) is 18.3 Å². The van der Waals surface area contributed by atoms with Crippen LogP contribution in [-0.2, 0) is 0 Å². The first kappa shape index (κ1) is 15.3. The van der Waals surface area contributed by atoms with Crippen molar-refractivity contribution in [1.82, 2.24) is 10.3 Å². The van der Waals surface area contributed by atoms with E-state index in [0.717, 1.165) is 5.56 Å². The molecule has 0 fully saturated rings. The second-order valence-electron chi connectivity index (χ2n) is 5.02. The lowest BCUT2D eigenvalue weighted by molar-refractivity contribution is 0.0940. The highest BCUT2D eigenvalue weighted by Crippen LogP contribution is 2.19. The van der Waals surface area contributed by atoms with Gasteiger partial charge in [0.1, 0.15) is 5.82 Å². The Morgan fingerprint density at radius 2 is 2.05 bits per heavy atom. The largest absolute Gasteiger partial charge is 0.362 e. The number of carbonyl (C=O) groups is 1. The number of nitrogens with zero attached hydrogens (tertiary/aromatic N) is 2. The highest BCUT2D eigenvalue weighted by molar-refractivity contribution is 6.30. The first-order valence-corrected chi connectivity index (χ1v) is 7.05. The Bertz CT molecular complexity index is 643. The van der Waals surface area contributed by atoms with Gasteiger partial charge in [-0.25, -0.2) is 4.98 Å². The third-order valence-electron chi connectivity index (χ3n) is 3.15. The quantitative estimate of drug-likeness (QED) is 0.942. The molecule has 2 rings (SSSR count). The van der Waals surface area contributed by atoms with Crippen LogP contribution >= 0.6 is 11.6 Å². The number of carbonyl (C=O) groups excluding carboxylic acids is 1. The molecule has 0 bridgehead atoms. The Hall–Kier alpha value is -2.07. The molecule has 0 aliphatic rings. The molecule has 21 heavy (non-hydrogen) atoms. The molecule has 1 amide bonds. The van der Waals surface area contributed by atoms with Crippen molar-refractivity contribution in [1.29, 1.82) is 0 Å². The van der Waals surface area contributed by atoms with E-state index in [1.165, 1.54) is 0 Å². The first-order chi connectivity index (χ1) is 9.99. The SMILES string of the molecule is C[C@@H](NC(=O)c1cccnc1N(C)C)c1cccc(Cl)c1. The second kappa shape index (κ2) is 6.59. The fraction of sp³-hybridized carbons (Fsp3) is 0.250. The molecule has 0 aliphatic carbocycles. The Morgan fingerprint density at radius 3 is 2.71 bits per heavy atom. The van der Waals surface area contributed by atoms with Crippen molar-refractivity contribution in [3.63, 3.8) is 0 Å². The first-order valence-electron chi connectivity index (χ1n) is 6.67. The van der Waals surface area contributed by atoms with Gasteiger partial charge in [0.05, 0.1) is 11.6 Å². The third kappa shape index (κ3) is 3.73. The number of hydrogen-bond acceptors (Lipinski definition) is 3. The molecule has 0 spiro atoms. The molecule has 1 aromatic carbocycles. The number of anilines is 1. The summed E-state index contributed by atoms with van der Waals surface area (Å²) >= 11 is 5.98. The van der Waals surface area contributed by atoms with Crippen LogP contribution in [0, 0.1) is 0 Å². The molecular weight excluding hydrogens is 286 g/mol. The maximum absolute atomic E-state index is 12.4. The summed E-state index contributed by atoms with van der Waals surface area (Å²) in [6.07, 6.45) is 1.67. The van der Waals surface area contributed by atoms with Crippen LogP contribution < -0.4 is 10.2 Å². The zero-order valence-electron chi connectivity index (χ0n) is 12.3. The minimum atomic E-state index is -0.153. The van der Waals surface area contributed by atoms with Crippen LogP contribution in [0.1, 0.15) is 28.9 Å². The average molecular weight is 304 g/mol. The predicted octanol–water partition coefficient (Wildman–Crippen LogP) is 3.29. The standard InChI is InChI=1S/C16H18ClN3O/c1-11(12-6-4-7-13(17)10-12)19-16(21)14-8-5-9-18-15(14)20(2)3/h4-11H,1-3H3,(H,19,21)/t11-/m1/s1. The van der Waals surface area contributed by atoms with Crippen molar-refractivity contribution in [2.24, 2.45) is 0 Å². The van der Waals surface area contributed by atoms with Gasteiger partial charge < -0.3 is 10.2 Å². The molecule has 0 aliphatic heterocycles. The third-order valence-corrected chi connectivity index (χ3v) is 3.39. The second-order valence-corrected chi connectivity index (χ2v) is 5.46. The van der Waals surface area contributed by atoms with Crippen LogP contribution in [0.3, 0.4) is 0 Å². The van der Waals surface area contributed by atoms with Crippen LogP contribution in [0.15, 0.2) is 42.6 Å². The van der Waals surface area contributed by atoms with Crippen LogP contribution in [-0.4, -0.2) is 25.0 Å². The summed E-state index contributed by atoms with van der Waals surface area (Å²) in [4.78, 5) is 18.5. The molecule has 2 aromatic rings. The Labute approximate surface area is 129 Å². The molecule has 1 atom stereocenters. The van der Waals surface area contributed by atoms with Crippen molar-refractivity contribution >= 4 is 23.3 Å². The van der Waals surface area contributed by atoms with E-state index in [-0.39, 0.29) is 11.9 Å². The summed E-state index contributed by atoms with van der Waals surface area (Å²) in [5, 5.41) is 3.63. The van der Waals surface area contributed by atoms with Gasteiger partial charge in [0.15, 0.2) is 0 Å². The van der Waals surface area contributed by atoms with E-state index in [0.29, 0.717) is 16.4 Å². The minimum absolute atomic E-state index is 0.133. The molecule has 0 saturated heterocycles. The summed E-state index contributed by atoms with van der Waals surface area (Å²) < 4.78 is 0. The molecular formula is C16H18ClN3O. The number of amides is 1. The van der Waals surface area contributed by atoms with Crippen molar-refractivity contribution < 1.29 is 4.79 Å². The van der Waals surface area contributed by atoms with Gasteiger partial charge in [-0.15, -0.1) is 0 Å². The molecule has 1 N–H and O–H groups in total. The van der Waals surface area contributed by atoms with Gasteiger partial charge in [0.2, 0.25) is 0 Å². The molecule has 0 radical (unpaired) electrons. The van der Waals surface area contributed by atoms with Crippen molar-refractivity contribution in [3.8, 4) is 0 Å². The van der Waals surface area contributed by atoms with Gasteiger partial charge in [0, 0.05) is 25.3 Å². The monoisotopic (exact) mass is 303 g/mol. The normalized spacial score (nSPS) is 11.8. The van der Waals surface area contributed by atoms with E-state index in [9.17, 15) is 4.79 Å². The summed E-state index contributed by atoms with van der Waals surface area (Å²) in [6.45, 7) is 1.93. The number of nitrogens with one attached hydrogen (secondary N) is 1. The number of halogens is 1. The molecule has 1 heterocycles. The van der Waals surface area contributed by atoms with Crippen LogP contribution in [0.2, 0.25) is 5.02 Å². The fourth-order valence-corrected chi connectivity index (χ4v) is 2.26. The Balaban J connectivity index is 2.18. The van der Waals surface area contributed by atoms with E-state index in [2.05, 4.69) is 10.3 Å². The lowest BCUT2D eigenvalue weighted by Crippen LogP contribution is -2.28. The van der Waals surface area contributed by atoms with Crippen molar-refractivity contribution in [3.05, 3.63) is 58.7 Å². The highest BCUT2D eigenvalue weighted by Gasteiger charge is 2.16. The maximum atomic E-state index is 12.4. The van der Waals surface area contributed by atoms with E-state index in [1.807, 2.05) is 50.2 Å². The smallest absolute Gasteiger partial charge is 0.255 e.